The first-order valence-electron chi connectivity index (χ1n) is 9.01. The Kier molecular flexibility index (Phi) is 6.14. The molecule has 2 N–H and O–H groups in total. The number of ether oxygens (including phenoxy) is 1. The van der Waals surface area contributed by atoms with Crippen molar-refractivity contribution < 1.29 is 17.9 Å². The van der Waals surface area contributed by atoms with Crippen LogP contribution in [0.4, 0.5) is 0 Å². The molecule has 1 aromatic heterocycles. The second-order valence-electron chi connectivity index (χ2n) is 7.34. The number of H-pyrrole nitrogens is 1. The lowest BCUT2D eigenvalue weighted by molar-refractivity contribution is 0.0730. The van der Waals surface area contributed by atoms with Gasteiger partial charge in [0.05, 0.1) is 13.2 Å². The number of hydrogen-bond acceptors (Lipinski definition) is 4. The van der Waals surface area contributed by atoms with Crippen molar-refractivity contribution in [1.29, 1.82) is 0 Å². The molecule has 1 saturated heterocycles. The number of aromatic amines is 1. The number of hydrogen-bond donors (Lipinski definition) is 2. The van der Waals surface area contributed by atoms with Crippen molar-refractivity contribution >= 4 is 27.5 Å². The topological polar surface area (TPSA) is 91.5 Å². The van der Waals surface area contributed by atoms with E-state index < -0.39 is 10.0 Å². The number of sulfonamides is 1. The molecule has 0 atom stereocenters. The lowest BCUT2D eigenvalue weighted by atomic mass is 9.84. The smallest absolute Gasteiger partial charge is 0.267 e. The maximum absolute atomic E-state index is 12.7. The van der Waals surface area contributed by atoms with Gasteiger partial charge < -0.3 is 15.0 Å². The monoisotopic (exact) mass is 425 g/mol. The molecule has 0 bridgehead atoms. The van der Waals surface area contributed by atoms with Crippen LogP contribution < -0.4 is 5.32 Å². The van der Waals surface area contributed by atoms with Gasteiger partial charge in [-0.2, -0.15) is 4.31 Å². The van der Waals surface area contributed by atoms with E-state index in [1.165, 1.54) is 16.6 Å². The van der Waals surface area contributed by atoms with Gasteiger partial charge in [-0.15, -0.1) is 0 Å². The number of carbonyl (C=O) groups is 1. The summed E-state index contributed by atoms with van der Waals surface area (Å²) in [6.45, 7) is 5.78. The molecule has 1 aliphatic heterocycles. The van der Waals surface area contributed by atoms with Crippen molar-refractivity contribution in [2.45, 2.75) is 24.2 Å². The first-order chi connectivity index (χ1) is 13.2. The Hall–Kier alpha value is -1.87. The molecule has 0 aliphatic carbocycles. The first-order valence-corrected chi connectivity index (χ1v) is 10.8. The fourth-order valence-corrected chi connectivity index (χ4v) is 4.52. The predicted molar refractivity (Wildman–Crippen MR) is 107 cm³/mol. The third kappa shape index (κ3) is 4.57. The van der Waals surface area contributed by atoms with E-state index in [1.807, 2.05) is 38.1 Å². The molecule has 7 nitrogen and oxygen atoms in total. The van der Waals surface area contributed by atoms with Gasteiger partial charge in [0, 0.05) is 36.3 Å². The van der Waals surface area contributed by atoms with Crippen molar-refractivity contribution in [2.24, 2.45) is 0 Å². The molecule has 0 unspecified atom stereocenters. The van der Waals surface area contributed by atoms with Gasteiger partial charge in [0.15, 0.2) is 0 Å². The third-order valence-electron chi connectivity index (χ3n) is 4.83. The number of nitrogens with one attached hydrogen (secondary N) is 2. The van der Waals surface area contributed by atoms with Crippen LogP contribution in [0, 0.1) is 0 Å². The zero-order valence-electron chi connectivity index (χ0n) is 15.9. The van der Waals surface area contributed by atoms with Gasteiger partial charge in [0.2, 0.25) is 10.0 Å². The van der Waals surface area contributed by atoms with Crippen LogP contribution in [0.3, 0.4) is 0 Å². The van der Waals surface area contributed by atoms with Gasteiger partial charge in [0.1, 0.15) is 10.6 Å². The molecule has 1 aromatic carbocycles. The summed E-state index contributed by atoms with van der Waals surface area (Å²) < 4.78 is 31.9. The van der Waals surface area contributed by atoms with Gasteiger partial charge in [0.25, 0.3) is 5.91 Å². The van der Waals surface area contributed by atoms with E-state index in [9.17, 15) is 13.2 Å². The number of nitrogens with zero attached hydrogens (tertiary/aromatic N) is 1. The van der Waals surface area contributed by atoms with Crippen LogP contribution >= 0.6 is 11.6 Å². The number of rotatable bonds is 6. The molecule has 0 spiro atoms. The second kappa shape index (κ2) is 8.24. The van der Waals surface area contributed by atoms with Gasteiger partial charge in [-0.1, -0.05) is 37.6 Å². The van der Waals surface area contributed by atoms with Crippen LogP contribution in [0.1, 0.15) is 29.9 Å². The summed E-state index contributed by atoms with van der Waals surface area (Å²) >= 11 is 5.93. The normalized spacial score (nSPS) is 16.1. The summed E-state index contributed by atoms with van der Waals surface area (Å²) in [5, 5.41) is 3.52. The lowest BCUT2D eigenvalue weighted by Gasteiger charge is -2.25. The van der Waals surface area contributed by atoms with Crippen LogP contribution in [0.25, 0.3) is 0 Å². The molecule has 9 heteroatoms. The minimum Gasteiger partial charge on any atom is -0.379 e. The largest absolute Gasteiger partial charge is 0.379 e. The molecule has 0 saturated carbocycles. The highest BCUT2D eigenvalue weighted by Crippen LogP contribution is 2.24. The van der Waals surface area contributed by atoms with E-state index in [-0.39, 0.29) is 21.9 Å². The second-order valence-corrected chi connectivity index (χ2v) is 9.71. The predicted octanol–water partition coefficient (Wildman–Crippen LogP) is 2.40. The van der Waals surface area contributed by atoms with Gasteiger partial charge in [-0.3, -0.25) is 4.79 Å². The summed E-state index contributed by atoms with van der Waals surface area (Å²) in [5.41, 5.74) is 0.938. The molecule has 1 amide bonds. The Bertz CT molecular complexity index is 932. The van der Waals surface area contributed by atoms with E-state index in [4.69, 9.17) is 16.3 Å². The van der Waals surface area contributed by atoms with E-state index in [0.29, 0.717) is 37.9 Å². The van der Waals surface area contributed by atoms with Crippen molar-refractivity contribution in [3.05, 3.63) is 52.8 Å². The van der Waals surface area contributed by atoms with Gasteiger partial charge in [-0.05, 0) is 23.8 Å². The zero-order valence-corrected chi connectivity index (χ0v) is 17.4. The Morgan fingerprint density at radius 2 is 1.89 bits per heavy atom. The zero-order chi connectivity index (χ0) is 20.4. The lowest BCUT2D eigenvalue weighted by Crippen LogP contribution is -2.40. The molecule has 152 valence electrons. The number of aromatic nitrogens is 1. The summed E-state index contributed by atoms with van der Waals surface area (Å²) in [6.07, 6.45) is 1.35. The molecule has 2 aromatic rings. The highest BCUT2D eigenvalue weighted by molar-refractivity contribution is 7.89. The van der Waals surface area contributed by atoms with Crippen LogP contribution in [0.15, 0.2) is 41.4 Å². The molecule has 0 radical (unpaired) electrons. The number of carbonyl (C=O) groups excluding carboxylic acids is 1. The van der Waals surface area contributed by atoms with E-state index >= 15 is 0 Å². The SMILES string of the molecule is CC(C)(CNC(=O)c1cc(S(=O)(=O)N2CCOCC2)c[nH]1)c1ccc(Cl)cc1. The molecule has 3 rings (SSSR count). The van der Waals surface area contributed by atoms with E-state index in [2.05, 4.69) is 10.3 Å². The summed E-state index contributed by atoms with van der Waals surface area (Å²) in [5.74, 6) is -0.356. The van der Waals surface area contributed by atoms with Crippen LogP contribution in [-0.2, 0) is 20.2 Å². The molecule has 28 heavy (non-hydrogen) atoms. The Labute approximate surface area is 170 Å². The number of halogens is 1. The fourth-order valence-electron chi connectivity index (χ4n) is 2.99. The van der Waals surface area contributed by atoms with E-state index in [0.717, 1.165) is 5.56 Å². The first kappa shape index (κ1) is 20.9. The minimum absolute atomic E-state index is 0.0801. The highest BCUT2D eigenvalue weighted by atomic mass is 35.5. The van der Waals surface area contributed by atoms with Crippen molar-refractivity contribution in [2.75, 3.05) is 32.8 Å². The highest BCUT2D eigenvalue weighted by Gasteiger charge is 2.28. The third-order valence-corrected chi connectivity index (χ3v) is 6.95. The van der Waals surface area contributed by atoms with Crippen LogP contribution in [0.2, 0.25) is 5.02 Å². The van der Waals surface area contributed by atoms with Crippen molar-refractivity contribution in [3.63, 3.8) is 0 Å². The molecular formula is C19H24ClN3O4S. The van der Waals surface area contributed by atoms with Crippen LogP contribution in [-0.4, -0.2) is 56.5 Å². The van der Waals surface area contributed by atoms with Gasteiger partial charge in [-0.25, -0.2) is 8.42 Å². The summed E-state index contributed by atoms with van der Waals surface area (Å²) in [4.78, 5) is 15.3. The summed E-state index contributed by atoms with van der Waals surface area (Å²) in [6, 6.07) is 8.85. The average molecular weight is 426 g/mol. The molecule has 2 heterocycles. The Morgan fingerprint density at radius 1 is 1.25 bits per heavy atom. The molecule has 1 fully saturated rings. The summed E-state index contributed by atoms with van der Waals surface area (Å²) in [7, 11) is -3.64. The van der Waals surface area contributed by atoms with Crippen molar-refractivity contribution in [1.82, 2.24) is 14.6 Å². The van der Waals surface area contributed by atoms with E-state index in [1.54, 1.807) is 0 Å². The van der Waals surface area contributed by atoms with Gasteiger partial charge >= 0.3 is 0 Å². The van der Waals surface area contributed by atoms with Crippen LogP contribution in [0.5, 0.6) is 0 Å². The fraction of sp³-hybridized carbons (Fsp3) is 0.421. The van der Waals surface area contributed by atoms with Crippen molar-refractivity contribution in [3.8, 4) is 0 Å². The number of benzene rings is 1. The maximum Gasteiger partial charge on any atom is 0.267 e. The standard InChI is InChI=1S/C19H24ClN3O4S/c1-19(2,14-3-5-15(20)6-4-14)13-22-18(24)17-11-16(12-21-17)28(25,26)23-7-9-27-10-8-23/h3-6,11-12,21H,7-10,13H2,1-2H3,(H,22,24). The number of amides is 1. The molecular weight excluding hydrogens is 402 g/mol. The molecule has 1 aliphatic rings. The maximum atomic E-state index is 12.7. The quantitative estimate of drug-likeness (QED) is 0.743. The average Bonchev–Trinajstić information content (AvgIpc) is 3.18. The Balaban J connectivity index is 1.66. The minimum atomic E-state index is -3.64. The Morgan fingerprint density at radius 3 is 2.54 bits per heavy atom. The number of morpholine rings is 1.